The van der Waals surface area contributed by atoms with Gasteiger partial charge in [-0.15, -0.1) is 11.3 Å². The maximum absolute atomic E-state index is 12.5. The molecular formula is C14H21N5OS. The third kappa shape index (κ3) is 3.93. The molecule has 0 spiro atoms. The Bertz CT molecular complexity index is 498. The Hall–Kier alpha value is -1.65. The highest BCUT2D eigenvalue weighted by Crippen LogP contribution is 2.18. The van der Waals surface area contributed by atoms with Crippen molar-refractivity contribution in [3.8, 4) is 6.07 Å². The molecule has 0 aliphatic carbocycles. The number of anilines is 1. The van der Waals surface area contributed by atoms with E-state index in [1.165, 1.54) is 11.3 Å². The minimum absolute atomic E-state index is 0.00315. The van der Waals surface area contributed by atoms with Gasteiger partial charge in [-0.3, -0.25) is 10.2 Å². The molecule has 1 aromatic heterocycles. The number of carbonyl (C=O) groups is 1. The number of amides is 1. The van der Waals surface area contributed by atoms with Crippen LogP contribution in [0.5, 0.6) is 0 Å². The molecule has 114 valence electrons. The van der Waals surface area contributed by atoms with Gasteiger partial charge >= 0.3 is 0 Å². The molecule has 2 rings (SSSR count). The predicted octanol–water partition coefficient (Wildman–Crippen LogP) is 2.09. The number of aromatic nitrogens is 1. The predicted molar refractivity (Wildman–Crippen MR) is 82.5 cm³/mol. The minimum atomic E-state index is -0.267. The molecule has 1 aliphatic rings. The average Bonchev–Trinajstić information content (AvgIpc) is 3.16. The second kappa shape index (κ2) is 7.38. The number of nitrogens with zero attached hydrogens (tertiary/aromatic N) is 4. The molecular weight excluding hydrogens is 286 g/mol. The van der Waals surface area contributed by atoms with Gasteiger partial charge in [0.25, 0.3) is 0 Å². The van der Waals surface area contributed by atoms with Gasteiger partial charge in [-0.05, 0) is 26.2 Å². The van der Waals surface area contributed by atoms with Gasteiger partial charge in [0, 0.05) is 24.2 Å². The van der Waals surface area contributed by atoms with Crippen LogP contribution < -0.4 is 5.43 Å². The van der Waals surface area contributed by atoms with Crippen LogP contribution >= 0.6 is 11.3 Å². The molecule has 2 heterocycles. The van der Waals surface area contributed by atoms with E-state index >= 15 is 0 Å². The maximum Gasteiger partial charge on any atom is 0.239 e. The molecule has 1 aliphatic heterocycles. The lowest BCUT2D eigenvalue weighted by atomic mass is 10.2. The van der Waals surface area contributed by atoms with E-state index in [-0.39, 0.29) is 24.5 Å². The van der Waals surface area contributed by atoms with Crippen molar-refractivity contribution >= 4 is 22.4 Å². The molecule has 1 amide bonds. The maximum atomic E-state index is 12.5. The van der Waals surface area contributed by atoms with Crippen LogP contribution in [-0.4, -0.2) is 46.0 Å². The lowest BCUT2D eigenvalue weighted by Gasteiger charge is -2.30. The van der Waals surface area contributed by atoms with E-state index in [0.29, 0.717) is 6.54 Å². The molecule has 0 radical (unpaired) electrons. The third-order valence-electron chi connectivity index (χ3n) is 3.82. The van der Waals surface area contributed by atoms with Crippen molar-refractivity contribution in [3.63, 3.8) is 0 Å². The van der Waals surface area contributed by atoms with Crippen LogP contribution in [0.25, 0.3) is 0 Å². The minimum Gasteiger partial charge on any atom is -0.325 e. The molecule has 1 aromatic rings. The largest absolute Gasteiger partial charge is 0.325 e. The zero-order valence-electron chi connectivity index (χ0n) is 12.5. The summed E-state index contributed by atoms with van der Waals surface area (Å²) < 4.78 is 0. The van der Waals surface area contributed by atoms with E-state index in [4.69, 9.17) is 5.26 Å². The third-order valence-corrected chi connectivity index (χ3v) is 4.50. The summed E-state index contributed by atoms with van der Waals surface area (Å²) in [6.45, 7) is 5.09. The van der Waals surface area contributed by atoms with E-state index in [1.807, 2.05) is 10.4 Å². The van der Waals surface area contributed by atoms with Gasteiger partial charge in [-0.25, -0.2) is 9.99 Å². The molecule has 1 unspecified atom stereocenters. The van der Waals surface area contributed by atoms with Crippen molar-refractivity contribution in [3.05, 3.63) is 11.6 Å². The molecule has 1 saturated heterocycles. The monoisotopic (exact) mass is 307 g/mol. The summed E-state index contributed by atoms with van der Waals surface area (Å²) in [6, 6.07) is 2.15. The lowest BCUT2D eigenvalue weighted by Crippen LogP contribution is -2.47. The average molecular weight is 307 g/mol. The summed E-state index contributed by atoms with van der Waals surface area (Å²) >= 11 is 1.50. The first-order valence-corrected chi connectivity index (χ1v) is 8.15. The summed E-state index contributed by atoms with van der Waals surface area (Å²) in [6.07, 6.45) is 4.35. The van der Waals surface area contributed by atoms with Gasteiger partial charge in [0.2, 0.25) is 5.91 Å². The zero-order valence-corrected chi connectivity index (χ0v) is 13.3. The molecule has 6 nitrogen and oxygen atoms in total. The number of nitriles is 1. The number of hydrogen-bond acceptors (Lipinski definition) is 6. The second-order valence-electron chi connectivity index (χ2n) is 5.21. The van der Waals surface area contributed by atoms with Crippen molar-refractivity contribution in [2.45, 2.75) is 45.2 Å². The van der Waals surface area contributed by atoms with E-state index in [0.717, 1.165) is 24.4 Å². The number of hydrazine groups is 1. The van der Waals surface area contributed by atoms with E-state index < -0.39 is 0 Å². The van der Waals surface area contributed by atoms with Crippen molar-refractivity contribution in [1.82, 2.24) is 14.9 Å². The Morgan fingerprint density at radius 1 is 1.76 bits per heavy atom. The van der Waals surface area contributed by atoms with Gasteiger partial charge in [-0.2, -0.15) is 5.26 Å². The van der Waals surface area contributed by atoms with Crippen LogP contribution in [0.1, 0.15) is 33.1 Å². The number of likely N-dealkylation sites (tertiary alicyclic amines) is 1. The first-order chi connectivity index (χ1) is 10.2. The normalized spacial score (nSPS) is 19.5. The van der Waals surface area contributed by atoms with E-state index in [2.05, 4.69) is 30.3 Å². The SMILES string of the molecule is CC[C@H](C)N(CC(=O)N1CCCC1C#N)Nc1nccs1. The Morgan fingerprint density at radius 2 is 2.57 bits per heavy atom. The standard InChI is InChI=1S/C14H21N5OS/c1-3-11(2)19(17-14-16-6-8-21-14)10-13(20)18-7-4-5-12(18)9-15/h6,8,11-12H,3-5,7,10H2,1-2H3,(H,16,17)/t11-,12?/m0/s1. The summed E-state index contributed by atoms with van der Waals surface area (Å²) in [5.41, 5.74) is 3.21. The fourth-order valence-electron chi connectivity index (χ4n) is 2.36. The Kier molecular flexibility index (Phi) is 5.53. The number of rotatable bonds is 6. The molecule has 7 heteroatoms. The Labute approximate surface area is 129 Å². The van der Waals surface area contributed by atoms with Crippen molar-refractivity contribution in [2.24, 2.45) is 0 Å². The van der Waals surface area contributed by atoms with Gasteiger partial charge in [0.1, 0.15) is 6.04 Å². The van der Waals surface area contributed by atoms with Crippen molar-refractivity contribution in [2.75, 3.05) is 18.5 Å². The van der Waals surface area contributed by atoms with Crippen LogP contribution in [0.2, 0.25) is 0 Å². The smallest absolute Gasteiger partial charge is 0.239 e. The number of nitrogens with one attached hydrogen (secondary N) is 1. The quantitative estimate of drug-likeness (QED) is 0.815. The van der Waals surface area contributed by atoms with Crippen LogP contribution in [0.3, 0.4) is 0 Å². The highest BCUT2D eigenvalue weighted by molar-refractivity contribution is 7.13. The number of hydrogen-bond donors (Lipinski definition) is 1. The molecule has 0 saturated carbocycles. The van der Waals surface area contributed by atoms with E-state index in [9.17, 15) is 4.79 Å². The molecule has 21 heavy (non-hydrogen) atoms. The highest BCUT2D eigenvalue weighted by atomic mass is 32.1. The summed E-state index contributed by atoms with van der Waals surface area (Å²) in [5, 5.41) is 13.7. The Morgan fingerprint density at radius 3 is 3.19 bits per heavy atom. The Balaban J connectivity index is 2.01. The van der Waals surface area contributed by atoms with Gasteiger partial charge < -0.3 is 4.90 Å². The highest BCUT2D eigenvalue weighted by Gasteiger charge is 2.30. The van der Waals surface area contributed by atoms with E-state index in [1.54, 1.807) is 11.1 Å². The van der Waals surface area contributed by atoms with Crippen LogP contribution in [0.15, 0.2) is 11.6 Å². The zero-order chi connectivity index (χ0) is 15.2. The molecule has 1 N–H and O–H groups in total. The fraction of sp³-hybridized carbons (Fsp3) is 0.643. The van der Waals surface area contributed by atoms with Crippen molar-refractivity contribution < 1.29 is 4.79 Å². The van der Waals surface area contributed by atoms with Crippen molar-refractivity contribution in [1.29, 1.82) is 5.26 Å². The first kappa shape index (κ1) is 15.7. The second-order valence-corrected chi connectivity index (χ2v) is 6.10. The molecule has 2 atom stereocenters. The molecule has 0 aromatic carbocycles. The number of thiazole rings is 1. The van der Waals surface area contributed by atoms with Crippen LogP contribution in [-0.2, 0) is 4.79 Å². The van der Waals surface area contributed by atoms with Gasteiger partial charge in [-0.1, -0.05) is 6.92 Å². The summed E-state index contributed by atoms with van der Waals surface area (Å²) in [4.78, 5) is 18.3. The summed E-state index contributed by atoms with van der Waals surface area (Å²) in [5.74, 6) is 0.00315. The van der Waals surface area contributed by atoms with Gasteiger partial charge in [0.05, 0.1) is 12.6 Å². The topological polar surface area (TPSA) is 72.3 Å². The lowest BCUT2D eigenvalue weighted by molar-refractivity contribution is -0.132. The summed E-state index contributed by atoms with van der Waals surface area (Å²) in [7, 11) is 0. The fourth-order valence-corrected chi connectivity index (χ4v) is 2.91. The van der Waals surface area contributed by atoms with Crippen LogP contribution in [0, 0.1) is 11.3 Å². The van der Waals surface area contributed by atoms with Gasteiger partial charge in [0.15, 0.2) is 5.13 Å². The molecule has 0 bridgehead atoms. The first-order valence-electron chi connectivity index (χ1n) is 7.27. The number of carbonyl (C=O) groups excluding carboxylic acids is 1. The van der Waals surface area contributed by atoms with Crippen LogP contribution in [0.4, 0.5) is 5.13 Å². The molecule has 1 fully saturated rings.